The van der Waals surface area contributed by atoms with Crippen LogP contribution in [0, 0.1) is 6.92 Å². The average molecular weight is 373 g/mol. The highest BCUT2D eigenvalue weighted by Crippen LogP contribution is 2.41. The number of benzene rings is 2. The van der Waals surface area contributed by atoms with E-state index in [0.29, 0.717) is 11.1 Å². The number of ether oxygens (including phenoxy) is 1. The van der Waals surface area contributed by atoms with Crippen LogP contribution in [-0.4, -0.2) is 11.8 Å². The fourth-order valence-corrected chi connectivity index (χ4v) is 3.16. The molecule has 1 heterocycles. The van der Waals surface area contributed by atoms with Gasteiger partial charge in [0.05, 0.1) is 11.1 Å². The average Bonchev–Trinajstić information content (AvgIpc) is 3.38. The molecule has 0 aromatic heterocycles. The van der Waals surface area contributed by atoms with E-state index in [-0.39, 0.29) is 28.8 Å². The summed E-state index contributed by atoms with van der Waals surface area (Å²) in [6.45, 7) is 1.69. The Hall–Kier alpha value is -2.76. The Labute approximate surface area is 154 Å². The Balaban J connectivity index is 1.79. The lowest BCUT2D eigenvalue weighted by Crippen LogP contribution is -2.17. The van der Waals surface area contributed by atoms with E-state index >= 15 is 0 Å². The molecule has 1 N–H and O–H groups in total. The summed E-state index contributed by atoms with van der Waals surface area (Å²) in [5.41, 5.74) is 0.948. The second-order valence-corrected chi connectivity index (χ2v) is 6.92. The number of carbonyl (C=O) groups is 1. The van der Waals surface area contributed by atoms with Crippen LogP contribution in [-0.2, 0) is 15.7 Å². The third-order valence-electron chi connectivity index (χ3n) is 4.80. The maximum Gasteiger partial charge on any atom is 0.416 e. The Morgan fingerprint density at radius 1 is 1.07 bits per heavy atom. The van der Waals surface area contributed by atoms with Crippen LogP contribution in [0.1, 0.15) is 41.2 Å². The zero-order chi connectivity index (χ0) is 19.2. The lowest BCUT2D eigenvalue weighted by Gasteiger charge is -2.13. The standard InChI is InChI=1S/C21H18F3NO2/c1-12-7-8-14(21(22,23)24)11-16(12)17-18(26)19(13-5-3-2-4-6-13)27-20(17)25-15-9-10-15/h2-8,11,15,19,25H,9-10H2,1H3. The smallest absolute Gasteiger partial charge is 0.416 e. The number of alkyl halides is 3. The molecule has 0 amide bonds. The van der Waals surface area contributed by atoms with Gasteiger partial charge >= 0.3 is 6.18 Å². The van der Waals surface area contributed by atoms with Gasteiger partial charge < -0.3 is 10.1 Å². The molecule has 1 aliphatic carbocycles. The molecule has 1 fully saturated rings. The lowest BCUT2D eigenvalue weighted by atomic mass is 9.92. The van der Waals surface area contributed by atoms with Gasteiger partial charge in [0.25, 0.3) is 0 Å². The van der Waals surface area contributed by atoms with Crippen LogP contribution in [0.5, 0.6) is 0 Å². The van der Waals surface area contributed by atoms with Crippen molar-refractivity contribution in [2.75, 3.05) is 0 Å². The second-order valence-electron chi connectivity index (χ2n) is 6.92. The Morgan fingerprint density at radius 2 is 1.78 bits per heavy atom. The molecule has 1 aliphatic heterocycles. The molecule has 1 saturated carbocycles. The Kier molecular flexibility index (Phi) is 4.21. The number of aryl methyl sites for hydroxylation is 1. The van der Waals surface area contributed by atoms with Crippen LogP contribution in [0.15, 0.2) is 54.4 Å². The quantitative estimate of drug-likeness (QED) is 0.839. The summed E-state index contributed by atoms with van der Waals surface area (Å²) in [5.74, 6) is -0.0504. The number of hydrogen-bond acceptors (Lipinski definition) is 3. The third-order valence-corrected chi connectivity index (χ3v) is 4.80. The van der Waals surface area contributed by atoms with E-state index in [2.05, 4.69) is 5.32 Å². The predicted molar refractivity (Wildman–Crippen MR) is 94.5 cm³/mol. The Morgan fingerprint density at radius 3 is 2.41 bits per heavy atom. The van der Waals surface area contributed by atoms with Gasteiger partial charge in [0.1, 0.15) is 0 Å². The van der Waals surface area contributed by atoms with Crippen LogP contribution in [0.25, 0.3) is 5.57 Å². The van der Waals surface area contributed by atoms with Crippen LogP contribution < -0.4 is 5.32 Å². The van der Waals surface area contributed by atoms with Crippen LogP contribution in [0.4, 0.5) is 13.2 Å². The molecule has 2 aliphatic rings. The third kappa shape index (κ3) is 3.44. The van der Waals surface area contributed by atoms with Gasteiger partial charge in [-0.3, -0.25) is 4.79 Å². The zero-order valence-corrected chi connectivity index (χ0v) is 14.6. The molecule has 2 aromatic rings. The highest BCUT2D eigenvalue weighted by atomic mass is 19.4. The van der Waals surface area contributed by atoms with Crippen molar-refractivity contribution in [3.8, 4) is 0 Å². The summed E-state index contributed by atoms with van der Waals surface area (Å²) in [6, 6.07) is 12.6. The van der Waals surface area contributed by atoms with E-state index in [4.69, 9.17) is 4.74 Å². The summed E-state index contributed by atoms with van der Waals surface area (Å²) in [4.78, 5) is 13.1. The fourth-order valence-electron chi connectivity index (χ4n) is 3.16. The topological polar surface area (TPSA) is 38.3 Å². The second kappa shape index (κ2) is 6.44. The number of Topliss-reactive ketones (excluding diaryl/α,β-unsaturated/α-hetero) is 1. The molecule has 0 radical (unpaired) electrons. The fraction of sp³-hybridized carbons (Fsp3) is 0.286. The van der Waals surface area contributed by atoms with Crippen molar-refractivity contribution in [3.63, 3.8) is 0 Å². The summed E-state index contributed by atoms with van der Waals surface area (Å²) in [7, 11) is 0. The van der Waals surface area contributed by atoms with Gasteiger partial charge in [-0.1, -0.05) is 36.4 Å². The predicted octanol–water partition coefficient (Wildman–Crippen LogP) is 4.78. The van der Waals surface area contributed by atoms with Gasteiger partial charge in [0.2, 0.25) is 5.78 Å². The molecule has 2 aromatic carbocycles. The van der Waals surface area contributed by atoms with E-state index in [0.717, 1.165) is 25.0 Å². The summed E-state index contributed by atoms with van der Waals surface area (Å²) in [5, 5.41) is 3.17. The molecule has 0 bridgehead atoms. The number of ketones is 1. The maximum atomic E-state index is 13.2. The first-order valence-corrected chi connectivity index (χ1v) is 8.79. The SMILES string of the molecule is Cc1ccc(C(F)(F)F)cc1C1=C(NC2CC2)OC(c2ccccc2)C1=O. The molecule has 3 nitrogen and oxygen atoms in total. The first-order chi connectivity index (χ1) is 12.8. The molecule has 0 spiro atoms. The molecule has 0 saturated heterocycles. The van der Waals surface area contributed by atoms with Crippen molar-refractivity contribution in [3.05, 3.63) is 76.7 Å². The lowest BCUT2D eigenvalue weighted by molar-refractivity contribution is -0.137. The van der Waals surface area contributed by atoms with Crippen molar-refractivity contribution < 1.29 is 22.7 Å². The molecule has 4 rings (SSSR count). The zero-order valence-electron chi connectivity index (χ0n) is 14.6. The van der Waals surface area contributed by atoms with Gasteiger partial charge in [0.15, 0.2) is 12.0 Å². The van der Waals surface area contributed by atoms with Crippen molar-refractivity contribution in [2.45, 2.75) is 38.1 Å². The minimum atomic E-state index is -4.48. The minimum absolute atomic E-state index is 0.194. The normalized spacial score (nSPS) is 20.0. The first-order valence-electron chi connectivity index (χ1n) is 8.79. The van der Waals surface area contributed by atoms with Gasteiger partial charge in [-0.15, -0.1) is 0 Å². The highest BCUT2D eigenvalue weighted by Gasteiger charge is 2.40. The van der Waals surface area contributed by atoms with Crippen molar-refractivity contribution in [1.82, 2.24) is 5.32 Å². The Bertz CT molecular complexity index is 915. The van der Waals surface area contributed by atoms with Crippen molar-refractivity contribution in [2.24, 2.45) is 0 Å². The summed E-state index contributed by atoms with van der Waals surface area (Å²) < 4.78 is 45.5. The first kappa shape index (κ1) is 17.6. The molecule has 1 unspecified atom stereocenters. The van der Waals surface area contributed by atoms with E-state index in [9.17, 15) is 18.0 Å². The van der Waals surface area contributed by atoms with Crippen LogP contribution in [0.3, 0.4) is 0 Å². The number of carbonyl (C=O) groups excluding carboxylic acids is 1. The molecular weight excluding hydrogens is 355 g/mol. The number of nitrogens with one attached hydrogen (secondary N) is 1. The van der Waals surface area contributed by atoms with Gasteiger partial charge in [0, 0.05) is 11.6 Å². The van der Waals surface area contributed by atoms with E-state index in [1.807, 2.05) is 6.07 Å². The van der Waals surface area contributed by atoms with Gasteiger partial charge in [-0.2, -0.15) is 13.2 Å². The van der Waals surface area contributed by atoms with Crippen molar-refractivity contribution in [1.29, 1.82) is 0 Å². The largest absolute Gasteiger partial charge is 0.462 e. The van der Waals surface area contributed by atoms with E-state index in [1.165, 1.54) is 6.07 Å². The van der Waals surface area contributed by atoms with Crippen molar-refractivity contribution >= 4 is 11.4 Å². The molecule has 1 atom stereocenters. The van der Waals surface area contributed by atoms with Crippen LogP contribution in [0.2, 0.25) is 0 Å². The van der Waals surface area contributed by atoms with Gasteiger partial charge in [-0.05, 0) is 43.0 Å². The molecule has 27 heavy (non-hydrogen) atoms. The number of hydrogen-bond donors (Lipinski definition) is 1. The highest BCUT2D eigenvalue weighted by molar-refractivity contribution is 6.25. The molecular formula is C21H18F3NO2. The molecule has 140 valence electrons. The van der Waals surface area contributed by atoms with E-state index in [1.54, 1.807) is 31.2 Å². The number of rotatable bonds is 4. The monoisotopic (exact) mass is 373 g/mol. The van der Waals surface area contributed by atoms with Gasteiger partial charge in [-0.25, -0.2) is 0 Å². The summed E-state index contributed by atoms with van der Waals surface area (Å²) >= 11 is 0. The summed E-state index contributed by atoms with van der Waals surface area (Å²) in [6.07, 6.45) is -3.43. The maximum absolute atomic E-state index is 13.2. The molecule has 6 heteroatoms. The number of halogens is 3. The minimum Gasteiger partial charge on any atom is -0.462 e. The van der Waals surface area contributed by atoms with Crippen LogP contribution >= 0.6 is 0 Å². The van der Waals surface area contributed by atoms with E-state index < -0.39 is 17.8 Å².